The number of benzene rings is 3. The molecule has 3 aromatic carbocycles. The summed E-state index contributed by atoms with van der Waals surface area (Å²) in [6.45, 7) is 16.4. The highest BCUT2D eigenvalue weighted by molar-refractivity contribution is 7.95. The van der Waals surface area contributed by atoms with Crippen molar-refractivity contribution in [3.63, 3.8) is 0 Å². The van der Waals surface area contributed by atoms with E-state index in [1.54, 1.807) is 0 Å². The van der Waals surface area contributed by atoms with Crippen LogP contribution in [0.2, 0.25) is 51.4 Å². The highest BCUT2D eigenvalue weighted by Crippen LogP contribution is 2.56. The zero-order valence-electron chi connectivity index (χ0n) is 23.5. The average Bonchev–Trinajstić information content (AvgIpc) is 2.84. The quantitative estimate of drug-likeness (QED) is 0.158. The van der Waals surface area contributed by atoms with E-state index in [0.29, 0.717) is 0 Å². The Bertz CT molecular complexity index is 961. The van der Waals surface area contributed by atoms with Crippen molar-refractivity contribution in [2.24, 2.45) is 0 Å². The van der Waals surface area contributed by atoms with E-state index in [1.807, 2.05) is 0 Å². The van der Waals surface area contributed by atoms with Gasteiger partial charge in [0.25, 0.3) is 0 Å². The predicted octanol–water partition coefficient (Wildman–Crippen LogP) is 7.93. The average molecular weight is 554 g/mol. The van der Waals surface area contributed by atoms with Gasteiger partial charge in [-0.05, 0) is 81.7 Å². The number of hydrogen-bond donors (Lipinski definition) is 0. The van der Waals surface area contributed by atoms with Crippen LogP contribution in [0.15, 0.2) is 91.0 Å². The predicted molar refractivity (Wildman–Crippen MR) is 169 cm³/mol. The molecule has 0 fully saturated rings. The first-order valence-corrected chi connectivity index (χ1v) is 24.5. The van der Waals surface area contributed by atoms with Crippen LogP contribution >= 0.6 is 7.26 Å². The van der Waals surface area contributed by atoms with Gasteiger partial charge in [-0.15, -0.1) is 0 Å². The lowest BCUT2D eigenvalue weighted by Crippen LogP contribution is -2.52. The third kappa shape index (κ3) is 7.83. The molecule has 0 amide bonds. The van der Waals surface area contributed by atoms with Crippen molar-refractivity contribution in [1.29, 1.82) is 0 Å². The maximum Gasteiger partial charge on any atom is 0.311 e. The molecule has 3 aromatic rings. The van der Waals surface area contributed by atoms with Crippen LogP contribution in [0.1, 0.15) is 19.8 Å². The van der Waals surface area contributed by atoms with Crippen LogP contribution < -0.4 is 15.9 Å². The molecule has 194 valence electrons. The van der Waals surface area contributed by atoms with E-state index >= 15 is 0 Å². The minimum Gasteiger partial charge on any atom is -0.437 e. The van der Waals surface area contributed by atoms with Crippen LogP contribution in [0.3, 0.4) is 0 Å². The molecule has 0 heterocycles. The molecular weight excluding hydrogens is 508 g/mol. The summed E-state index contributed by atoms with van der Waals surface area (Å²) in [5, 5.41) is 4.36. The molecule has 2 nitrogen and oxygen atoms in total. The first kappa shape index (κ1) is 29.2. The molecule has 0 spiro atoms. The smallest absolute Gasteiger partial charge is 0.311 e. The van der Waals surface area contributed by atoms with Gasteiger partial charge in [0.15, 0.2) is 16.6 Å². The molecular formula is C30H46O2PSi3+. The maximum atomic E-state index is 7.05. The minimum atomic E-state index is -2.22. The van der Waals surface area contributed by atoms with Crippen LogP contribution in [0.25, 0.3) is 0 Å². The van der Waals surface area contributed by atoms with Crippen molar-refractivity contribution in [2.75, 3.05) is 6.16 Å². The first-order valence-electron chi connectivity index (χ1n) is 13.4. The lowest BCUT2D eigenvalue weighted by molar-refractivity contribution is 0.388. The molecule has 0 unspecified atom stereocenters. The third-order valence-electron chi connectivity index (χ3n) is 6.82. The Balaban J connectivity index is 1.94. The van der Waals surface area contributed by atoms with Crippen LogP contribution in [-0.4, -0.2) is 31.4 Å². The molecule has 0 atom stereocenters. The van der Waals surface area contributed by atoms with Gasteiger partial charge in [-0.1, -0.05) is 74.4 Å². The van der Waals surface area contributed by atoms with Crippen LogP contribution in [0.5, 0.6) is 0 Å². The Labute approximate surface area is 224 Å². The van der Waals surface area contributed by atoms with Crippen molar-refractivity contribution in [3.05, 3.63) is 91.0 Å². The van der Waals surface area contributed by atoms with Crippen molar-refractivity contribution in [2.45, 2.75) is 71.1 Å². The molecule has 0 radical (unpaired) electrons. The van der Waals surface area contributed by atoms with E-state index in [9.17, 15) is 0 Å². The number of hydrogen-bond acceptors (Lipinski definition) is 2. The zero-order valence-corrected chi connectivity index (χ0v) is 27.4. The van der Waals surface area contributed by atoms with Crippen molar-refractivity contribution in [1.82, 2.24) is 0 Å². The second kappa shape index (κ2) is 12.5. The Morgan fingerprint density at radius 2 is 0.917 bits per heavy atom. The maximum absolute atomic E-state index is 7.05. The Morgan fingerprint density at radius 3 is 1.28 bits per heavy atom. The topological polar surface area (TPSA) is 18.5 Å². The van der Waals surface area contributed by atoms with Gasteiger partial charge >= 0.3 is 8.56 Å². The van der Waals surface area contributed by atoms with E-state index in [0.717, 1.165) is 12.2 Å². The molecule has 0 bridgehead atoms. The fraction of sp³-hybridized carbons (Fsp3) is 0.400. The van der Waals surface area contributed by atoms with Crippen molar-refractivity contribution in [3.8, 4) is 0 Å². The highest BCUT2D eigenvalue weighted by Gasteiger charge is 2.48. The standard InChI is InChI=1S/C30H46O2PSi3/c1-8-9-26-34(2,3)31-36(6,7)32-35(4,5)27-25-33(28-19-13-10-14-20-28,29-21-15-11-16-22-29)30-23-17-12-18-24-30/h10-24H,8-9,25-27H2,1-7H3/q+1. The summed E-state index contributed by atoms with van der Waals surface area (Å²) < 4.78 is 13.9. The van der Waals surface area contributed by atoms with Gasteiger partial charge in [-0.2, -0.15) is 0 Å². The normalized spacial score (nSPS) is 13.1. The van der Waals surface area contributed by atoms with Crippen LogP contribution in [0.4, 0.5) is 0 Å². The van der Waals surface area contributed by atoms with Gasteiger partial charge < -0.3 is 8.23 Å². The van der Waals surface area contributed by atoms with Gasteiger partial charge in [0.1, 0.15) is 23.2 Å². The number of unbranched alkanes of at least 4 members (excludes halogenated alkanes) is 1. The molecule has 0 saturated heterocycles. The summed E-state index contributed by atoms with van der Waals surface area (Å²) in [5.74, 6) is 0. The van der Waals surface area contributed by atoms with E-state index in [4.69, 9.17) is 8.23 Å². The van der Waals surface area contributed by atoms with Crippen LogP contribution in [0, 0.1) is 0 Å². The van der Waals surface area contributed by atoms with E-state index in [-0.39, 0.29) is 0 Å². The molecule has 0 aliphatic carbocycles. The summed E-state index contributed by atoms with van der Waals surface area (Å²) >= 11 is 0. The van der Waals surface area contributed by atoms with Crippen LogP contribution in [-0.2, 0) is 8.23 Å². The largest absolute Gasteiger partial charge is 0.437 e. The molecule has 0 N–H and O–H groups in total. The van der Waals surface area contributed by atoms with E-state index < -0.39 is 32.5 Å². The van der Waals surface area contributed by atoms with Gasteiger partial charge in [0.05, 0.1) is 6.16 Å². The zero-order chi connectivity index (χ0) is 26.3. The lowest BCUT2D eigenvalue weighted by Gasteiger charge is -2.39. The van der Waals surface area contributed by atoms with E-state index in [2.05, 4.69) is 137 Å². The van der Waals surface area contributed by atoms with Crippen molar-refractivity contribution < 1.29 is 8.23 Å². The minimum absolute atomic E-state index is 1.11. The fourth-order valence-corrected chi connectivity index (χ4v) is 25.8. The SMILES string of the molecule is CCCC[Si](C)(C)O[Si](C)(C)O[Si](C)(C)CC[P+](c1ccccc1)(c1ccccc1)c1ccccc1. The van der Waals surface area contributed by atoms with Crippen molar-refractivity contribution >= 4 is 48.4 Å². The molecule has 3 rings (SSSR count). The van der Waals surface area contributed by atoms with Gasteiger partial charge in [0, 0.05) is 6.04 Å². The lowest BCUT2D eigenvalue weighted by atomic mass is 10.4. The second-order valence-electron chi connectivity index (χ2n) is 11.5. The monoisotopic (exact) mass is 553 g/mol. The first-order chi connectivity index (χ1) is 17.0. The molecule has 36 heavy (non-hydrogen) atoms. The van der Waals surface area contributed by atoms with Gasteiger partial charge in [-0.25, -0.2) is 0 Å². The summed E-state index contributed by atoms with van der Waals surface area (Å²) in [4.78, 5) is 0. The van der Waals surface area contributed by atoms with Gasteiger partial charge in [-0.3, -0.25) is 0 Å². The summed E-state index contributed by atoms with van der Waals surface area (Å²) in [6.07, 6.45) is 3.60. The third-order valence-corrected chi connectivity index (χ3v) is 23.0. The number of rotatable bonds is 13. The Hall–Kier alpha value is -1.34. The molecule has 6 heteroatoms. The summed E-state index contributed by atoms with van der Waals surface area (Å²) in [7, 11) is -7.76. The molecule has 0 aliphatic rings. The second-order valence-corrected chi connectivity index (χ2v) is 27.6. The highest BCUT2D eigenvalue weighted by atomic mass is 31.2. The van der Waals surface area contributed by atoms with E-state index in [1.165, 1.54) is 34.8 Å². The summed E-state index contributed by atoms with van der Waals surface area (Å²) in [5.41, 5.74) is 0. The molecule has 0 aliphatic heterocycles. The molecule has 0 aromatic heterocycles. The Morgan fingerprint density at radius 1 is 0.556 bits per heavy atom. The van der Waals surface area contributed by atoms with Gasteiger partial charge in [0.2, 0.25) is 0 Å². The summed E-state index contributed by atoms with van der Waals surface area (Å²) in [6, 6.07) is 35.9. The Kier molecular flexibility index (Phi) is 10.1. The molecule has 0 saturated carbocycles. The fourth-order valence-electron chi connectivity index (χ4n) is 5.38.